The van der Waals surface area contributed by atoms with Crippen molar-refractivity contribution < 1.29 is 0 Å². The van der Waals surface area contributed by atoms with E-state index in [4.69, 9.17) is 5.73 Å². The molecule has 4 fully saturated rings. The van der Waals surface area contributed by atoms with Gasteiger partial charge in [-0.05, 0) is 124 Å². The first kappa shape index (κ1) is 19.8. The van der Waals surface area contributed by atoms with Crippen molar-refractivity contribution in [3.63, 3.8) is 0 Å². The molecule has 0 atom stereocenters. The first-order valence-corrected chi connectivity index (χ1v) is 13.9. The molecule has 10 rings (SSSR count). The highest BCUT2D eigenvalue weighted by Crippen LogP contribution is 2.67. The van der Waals surface area contributed by atoms with Gasteiger partial charge in [-0.3, -0.25) is 0 Å². The summed E-state index contributed by atoms with van der Waals surface area (Å²) in [6, 6.07) is 32.2. The molecule has 0 aromatic heterocycles. The molecule has 4 aromatic carbocycles. The number of fused-ring (bicyclic) bond motifs is 10. The molecule has 2 N–H and O–H groups in total. The van der Waals surface area contributed by atoms with Crippen molar-refractivity contribution in [1.82, 2.24) is 0 Å². The van der Waals surface area contributed by atoms with Gasteiger partial charge >= 0.3 is 0 Å². The first-order valence-electron chi connectivity index (χ1n) is 13.9. The average Bonchev–Trinajstić information content (AvgIpc) is 3.35. The van der Waals surface area contributed by atoms with Crippen molar-refractivity contribution in [2.24, 2.45) is 17.8 Å². The average molecular weight is 466 g/mol. The molecule has 6 aliphatic rings. The van der Waals surface area contributed by atoms with Crippen LogP contribution in [0.25, 0.3) is 22.3 Å². The number of nitrogen functional groups attached to an aromatic ring is 1. The third-order valence-electron chi connectivity index (χ3n) is 10.7. The summed E-state index contributed by atoms with van der Waals surface area (Å²) in [5.41, 5.74) is 20.8. The van der Waals surface area contributed by atoms with Crippen LogP contribution in [-0.2, 0) is 10.8 Å². The minimum atomic E-state index is -0.286. The molecule has 4 aromatic rings. The minimum Gasteiger partial charge on any atom is -0.399 e. The van der Waals surface area contributed by atoms with Gasteiger partial charge in [-0.15, -0.1) is 0 Å². The zero-order valence-corrected chi connectivity index (χ0v) is 20.6. The SMILES string of the molecule is Nc1cc(C23CC4CC(CC(C4)C2)C3)c2c(c1)C1(c3ccccc3-c3ccccc31)c1ccccc1-2. The van der Waals surface area contributed by atoms with Gasteiger partial charge in [0.15, 0.2) is 0 Å². The zero-order valence-electron chi connectivity index (χ0n) is 20.6. The molecule has 1 nitrogen and oxygen atoms in total. The highest BCUT2D eigenvalue weighted by Gasteiger charge is 2.56. The van der Waals surface area contributed by atoms with E-state index in [9.17, 15) is 0 Å². The van der Waals surface area contributed by atoms with Gasteiger partial charge in [0, 0.05) is 5.69 Å². The summed E-state index contributed by atoms with van der Waals surface area (Å²) in [5, 5.41) is 0. The molecular weight excluding hydrogens is 434 g/mol. The lowest BCUT2D eigenvalue weighted by molar-refractivity contribution is -0.00491. The van der Waals surface area contributed by atoms with Crippen molar-refractivity contribution in [1.29, 1.82) is 0 Å². The molecule has 0 radical (unpaired) electrons. The van der Waals surface area contributed by atoms with Gasteiger partial charge < -0.3 is 5.73 Å². The predicted octanol–water partition coefficient (Wildman–Crippen LogP) is 8.08. The summed E-state index contributed by atoms with van der Waals surface area (Å²) < 4.78 is 0. The van der Waals surface area contributed by atoms with Gasteiger partial charge in [-0.2, -0.15) is 0 Å². The van der Waals surface area contributed by atoms with Crippen molar-refractivity contribution in [3.8, 4) is 22.3 Å². The second kappa shape index (κ2) is 6.51. The topological polar surface area (TPSA) is 26.0 Å². The van der Waals surface area contributed by atoms with E-state index in [1.807, 2.05) is 0 Å². The summed E-state index contributed by atoms with van der Waals surface area (Å²) in [5.74, 6) is 2.73. The fourth-order valence-electron chi connectivity index (χ4n) is 10.1. The van der Waals surface area contributed by atoms with Crippen molar-refractivity contribution >= 4 is 5.69 Å². The maximum Gasteiger partial charge on any atom is 0.0726 e. The monoisotopic (exact) mass is 465 g/mol. The van der Waals surface area contributed by atoms with E-state index in [2.05, 4.69) is 84.9 Å². The van der Waals surface area contributed by atoms with Crippen molar-refractivity contribution in [3.05, 3.63) is 113 Å². The lowest BCUT2D eigenvalue weighted by atomic mass is 9.47. The fraction of sp³-hybridized carbons (Fsp3) is 0.314. The van der Waals surface area contributed by atoms with E-state index in [0.717, 1.165) is 23.4 Å². The van der Waals surface area contributed by atoms with Gasteiger partial charge in [-0.25, -0.2) is 0 Å². The lowest BCUT2D eigenvalue weighted by Crippen LogP contribution is -2.48. The Bertz CT molecular complexity index is 1510. The van der Waals surface area contributed by atoms with E-state index in [-0.39, 0.29) is 5.41 Å². The molecule has 0 aliphatic heterocycles. The Kier molecular flexibility index (Phi) is 3.58. The van der Waals surface area contributed by atoms with Gasteiger partial charge in [0.25, 0.3) is 0 Å². The zero-order chi connectivity index (χ0) is 23.6. The summed E-state index contributed by atoms with van der Waals surface area (Å²) in [4.78, 5) is 0. The Morgan fingerprint density at radius 3 is 1.53 bits per heavy atom. The van der Waals surface area contributed by atoms with E-state index < -0.39 is 0 Å². The molecule has 0 unspecified atom stereocenters. The van der Waals surface area contributed by atoms with Gasteiger partial charge in [-0.1, -0.05) is 72.8 Å². The summed E-state index contributed by atoms with van der Waals surface area (Å²) in [6.45, 7) is 0. The Morgan fingerprint density at radius 2 is 0.972 bits per heavy atom. The van der Waals surface area contributed by atoms with E-state index in [1.54, 1.807) is 5.56 Å². The highest BCUT2D eigenvalue weighted by molar-refractivity contribution is 5.96. The summed E-state index contributed by atoms with van der Waals surface area (Å²) in [7, 11) is 0. The van der Waals surface area contributed by atoms with Crippen LogP contribution in [0.4, 0.5) is 5.69 Å². The van der Waals surface area contributed by atoms with Crippen molar-refractivity contribution in [2.75, 3.05) is 5.73 Å². The van der Waals surface area contributed by atoms with Crippen molar-refractivity contribution in [2.45, 2.75) is 49.4 Å². The Hall–Kier alpha value is -3.32. The third-order valence-corrected chi connectivity index (χ3v) is 10.7. The highest BCUT2D eigenvalue weighted by atomic mass is 14.6. The summed E-state index contributed by atoms with van der Waals surface area (Å²) in [6.07, 6.45) is 8.47. The van der Waals surface area contributed by atoms with Crippen LogP contribution in [0.5, 0.6) is 0 Å². The minimum absolute atomic E-state index is 0.286. The van der Waals surface area contributed by atoms with E-state index in [0.29, 0.717) is 5.41 Å². The van der Waals surface area contributed by atoms with Crippen LogP contribution in [0.15, 0.2) is 84.9 Å². The molecule has 0 saturated heterocycles. The maximum absolute atomic E-state index is 6.88. The lowest BCUT2D eigenvalue weighted by Gasteiger charge is -2.57. The Balaban J connectivity index is 1.42. The normalized spacial score (nSPS) is 29.2. The molecular formula is C35H31N. The molecule has 4 saturated carbocycles. The standard InChI is InChI=1S/C35H31N/c36-24-16-31(34-18-21-13-22(19-34)15-23(14-21)20-34)33-27-9-3-6-12-30(27)35(32(33)17-24)28-10-4-1-7-25(28)26-8-2-5-11-29(26)35/h1-12,16-17,21-23H,13-15,18-20,36H2. The Morgan fingerprint density at radius 1 is 0.528 bits per heavy atom. The summed E-state index contributed by atoms with van der Waals surface area (Å²) >= 11 is 0. The molecule has 0 heterocycles. The molecule has 1 spiro atoms. The number of anilines is 1. The van der Waals surface area contributed by atoms with Crippen LogP contribution in [-0.4, -0.2) is 0 Å². The Labute approximate surface area is 213 Å². The number of rotatable bonds is 1. The fourth-order valence-corrected chi connectivity index (χ4v) is 10.1. The molecule has 4 bridgehead atoms. The molecule has 36 heavy (non-hydrogen) atoms. The number of benzene rings is 4. The van der Waals surface area contributed by atoms with Crippen LogP contribution in [0.1, 0.15) is 66.3 Å². The van der Waals surface area contributed by atoms with Crippen LogP contribution in [0, 0.1) is 17.8 Å². The quantitative estimate of drug-likeness (QED) is 0.244. The first-order chi connectivity index (χ1) is 17.7. The molecule has 176 valence electrons. The number of hydrogen-bond acceptors (Lipinski definition) is 1. The largest absolute Gasteiger partial charge is 0.399 e. The number of nitrogens with two attached hydrogens (primary N) is 1. The van der Waals surface area contributed by atoms with Gasteiger partial charge in [0.05, 0.1) is 5.41 Å². The molecule has 6 aliphatic carbocycles. The second-order valence-corrected chi connectivity index (χ2v) is 12.6. The number of hydrogen-bond donors (Lipinski definition) is 1. The smallest absolute Gasteiger partial charge is 0.0726 e. The molecule has 0 amide bonds. The van der Waals surface area contributed by atoms with Gasteiger partial charge in [0.2, 0.25) is 0 Å². The van der Waals surface area contributed by atoms with Crippen LogP contribution in [0.3, 0.4) is 0 Å². The van der Waals surface area contributed by atoms with Gasteiger partial charge in [0.1, 0.15) is 0 Å². The van der Waals surface area contributed by atoms with E-state index >= 15 is 0 Å². The van der Waals surface area contributed by atoms with Crippen LogP contribution in [0.2, 0.25) is 0 Å². The maximum atomic E-state index is 6.88. The van der Waals surface area contributed by atoms with Crippen LogP contribution >= 0.6 is 0 Å². The van der Waals surface area contributed by atoms with Crippen LogP contribution < -0.4 is 5.73 Å². The molecule has 1 heteroatoms. The third kappa shape index (κ3) is 2.21. The van der Waals surface area contributed by atoms with E-state index in [1.165, 1.54) is 83.0 Å². The second-order valence-electron chi connectivity index (χ2n) is 12.6. The predicted molar refractivity (Wildman–Crippen MR) is 147 cm³/mol.